The number of anilines is 1. The highest BCUT2D eigenvalue weighted by molar-refractivity contribution is 7.80. The number of nitrogens with zero attached hydrogens (tertiary/aromatic N) is 3. The highest BCUT2D eigenvalue weighted by Crippen LogP contribution is 2.26. The fourth-order valence-electron chi connectivity index (χ4n) is 2.83. The summed E-state index contributed by atoms with van der Waals surface area (Å²) in [5.41, 5.74) is 0.476. The summed E-state index contributed by atoms with van der Waals surface area (Å²) < 4.78 is 7.48. The molecule has 144 valence electrons. The van der Waals surface area contributed by atoms with E-state index < -0.39 is 11.8 Å². The molecule has 2 aromatic carbocycles. The number of rotatable bonds is 4. The molecule has 1 aliphatic heterocycles. The molecule has 1 fully saturated rings. The first kappa shape index (κ1) is 18.6. The lowest BCUT2D eigenvalue weighted by Gasteiger charge is -2.28. The predicted octanol–water partition coefficient (Wildman–Crippen LogP) is 3.04. The van der Waals surface area contributed by atoms with Crippen molar-refractivity contribution in [1.29, 1.82) is 0 Å². The second-order valence-corrected chi connectivity index (χ2v) is 6.65. The average molecular weight is 404 g/mol. The maximum atomic E-state index is 13.0. The van der Waals surface area contributed by atoms with Gasteiger partial charge >= 0.3 is 0 Å². The smallest absolute Gasteiger partial charge is 0.270 e. The lowest BCUT2D eigenvalue weighted by Crippen LogP contribution is -2.54. The van der Waals surface area contributed by atoms with Crippen LogP contribution in [0.25, 0.3) is 6.08 Å². The van der Waals surface area contributed by atoms with Crippen molar-refractivity contribution < 1.29 is 14.3 Å². The number of aryl methyl sites for hydroxylation is 1. The molecule has 2 amide bonds. The number of hydrogen-bond acceptors (Lipinski definition) is 5. The van der Waals surface area contributed by atoms with E-state index in [1.165, 1.54) is 11.0 Å². The molecule has 0 saturated carbocycles. The van der Waals surface area contributed by atoms with Gasteiger partial charge in [0, 0.05) is 19.4 Å². The topological polar surface area (TPSA) is 76.5 Å². The van der Waals surface area contributed by atoms with E-state index in [9.17, 15) is 9.59 Å². The van der Waals surface area contributed by atoms with Crippen molar-refractivity contribution in [2.24, 2.45) is 7.05 Å². The second-order valence-electron chi connectivity index (χ2n) is 6.26. The zero-order chi connectivity index (χ0) is 20.4. The molecule has 1 N–H and O–H groups in total. The van der Waals surface area contributed by atoms with Gasteiger partial charge in [-0.25, -0.2) is 4.98 Å². The SMILES string of the molecule is Cn1ccnc1C=C1C(=O)NC(=S)N(c2ccc(Oc3ccccc3)cc2)C1=O. The van der Waals surface area contributed by atoms with Crippen molar-refractivity contribution in [3.05, 3.63) is 78.4 Å². The van der Waals surface area contributed by atoms with Crippen LogP contribution in [-0.2, 0) is 16.6 Å². The van der Waals surface area contributed by atoms with Crippen LogP contribution in [0.2, 0.25) is 0 Å². The third-order valence-electron chi connectivity index (χ3n) is 4.31. The molecule has 2 heterocycles. The zero-order valence-corrected chi connectivity index (χ0v) is 16.2. The van der Waals surface area contributed by atoms with E-state index in [0.717, 1.165) is 0 Å². The Morgan fingerprint density at radius 1 is 1.03 bits per heavy atom. The minimum Gasteiger partial charge on any atom is -0.457 e. The molecule has 0 radical (unpaired) electrons. The van der Waals surface area contributed by atoms with Crippen LogP contribution in [0.3, 0.4) is 0 Å². The normalized spacial score (nSPS) is 15.6. The quantitative estimate of drug-likeness (QED) is 0.411. The molecule has 1 saturated heterocycles. The van der Waals surface area contributed by atoms with E-state index in [-0.39, 0.29) is 10.7 Å². The van der Waals surface area contributed by atoms with Crippen molar-refractivity contribution in [1.82, 2.24) is 14.9 Å². The van der Waals surface area contributed by atoms with E-state index in [0.29, 0.717) is 23.0 Å². The fourth-order valence-corrected chi connectivity index (χ4v) is 3.11. The predicted molar refractivity (Wildman–Crippen MR) is 112 cm³/mol. The van der Waals surface area contributed by atoms with Gasteiger partial charge in [-0.1, -0.05) is 18.2 Å². The van der Waals surface area contributed by atoms with Crippen LogP contribution in [0.15, 0.2) is 72.6 Å². The molecule has 4 rings (SSSR count). The summed E-state index contributed by atoms with van der Waals surface area (Å²) >= 11 is 5.22. The number of imidazole rings is 1. The molecular weight excluding hydrogens is 388 g/mol. The second kappa shape index (κ2) is 7.69. The summed E-state index contributed by atoms with van der Waals surface area (Å²) in [5, 5.41) is 2.58. The van der Waals surface area contributed by atoms with Gasteiger partial charge in [0.15, 0.2) is 5.11 Å². The molecule has 3 aromatic rings. The van der Waals surface area contributed by atoms with Crippen molar-refractivity contribution in [2.45, 2.75) is 0 Å². The van der Waals surface area contributed by atoms with Gasteiger partial charge in [0.25, 0.3) is 11.8 Å². The van der Waals surface area contributed by atoms with Crippen LogP contribution < -0.4 is 15.0 Å². The molecule has 0 atom stereocenters. The molecule has 1 aliphatic rings. The van der Waals surface area contributed by atoms with Crippen LogP contribution in [0.5, 0.6) is 11.5 Å². The Bertz CT molecular complexity index is 1120. The zero-order valence-electron chi connectivity index (χ0n) is 15.4. The Morgan fingerprint density at radius 3 is 2.38 bits per heavy atom. The summed E-state index contributed by atoms with van der Waals surface area (Å²) in [4.78, 5) is 30.7. The largest absolute Gasteiger partial charge is 0.457 e. The van der Waals surface area contributed by atoms with Crippen LogP contribution in [0.1, 0.15) is 5.82 Å². The lowest BCUT2D eigenvalue weighted by atomic mass is 10.1. The Kier molecular flexibility index (Phi) is 4.92. The van der Waals surface area contributed by atoms with Crippen LogP contribution in [0, 0.1) is 0 Å². The van der Waals surface area contributed by atoms with E-state index in [1.54, 1.807) is 48.3 Å². The molecule has 7 nitrogen and oxygen atoms in total. The molecule has 0 aliphatic carbocycles. The minimum atomic E-state index is -0.553. The number of thiocarbonyl (C=S) groups is 1. The number of aromatic nitrogens is 2. The highest BCUT2D eigenvalue weighted by Gasteiger charge is 2.34. The van der Waals surface area contributed by atoms with Crippen molar-refractivity contribution in [3.63, 3.8) is 0 Å². The molecule has 8 heteroatoms. The van der Waals surface area contributed by atoms with Crippen LogP contribution >= 0.6 is 12.2 Å². The summed E-state index contributed by atoms with van der Waals surface area (Å²) in [5.74, 6) is 0.741. The van der Waals surface area contributed by atoms with Gasteiger partial charge in [0.2, 0.25) is 0 Å². The number of nitrogens with one attached hydrogen (secondary N) is 1. The molecule has 0 unspecified atom stereocenters. The summed E-state index contributed by atoms with van der Waals surface area (Å²) in [6, 6.07) is 16.2. The van der Waals surface area contributed by atoms with Gasteiger partial charge in [-0.15, -0.1) is 0 Å². The van der Waals surface area contributed by atoms with E-state index >= 15 is 0 Å². The van der Waals surface area contributed by atoms with Gasteiger partial charge in [-0.05, 0) is 54.7 Å². The van der Waals surface area contributed by atoms with Gasteiger partial charge in [0.1, 0.15) is 22.9 Å². The van der Waals surface area contributed by atoms with Gasteiger partial charge in [-0.3, -0.25) is 19.8 Å². The third kappa shape index (κ3) is 3.78. The van der Waals surface area contributed by atoms with Crippen LogP contribution in [0.4, 0.5) is 5.69 Å². The fraction of sp³-hybridized carbons (Fsp3) is 0.0476. The number of carbonyl (C=O) groups excluding carboxylic acids is 2. The summed E-state index contributed by atoms with van der Waals surface area (Å²) in [6.07, 6.45) is 4.76. The lowest BCUT2D eigenvalue weighted by molar-refractivity contribution is -0.122. The van der Waals surface area contributed by atoms with Gasteiger partial charge < -0.3 is 9.30 Å². The molecular formula is C21H16N4O3S. The van der Waals surface area contributed by atoms with Crippen molar-refractivity contribution in [2.75, 3.05) is 4.90 Å². The number of ether oxygens (including phenoxy) is 1. The maximum Gasteiger partial charge on any atom is 0.270 e. The van der Waals surface area contributed by atoms with E-state index in [1.807, 2.05) is 30.3 Å². The molecule has 0 spiro atoms. The van der Waals surface area contributed by atoms with Gasteiger partial charge in [0.05, 0.1) is 5.69 Å². The Labute approximate surface area is 172 Å². The number of hydrogen-bond donors (Lipinski definition) is 1. The molecule has 0 bridgehead atoms. The molecule has 29 heavy (non-hydrogen) atoms. The number of carbonyl (C=O) groups is 2. The number of benzene rings is 2. The Morgan fingerprint density at radius 2 is 1.72 bits per heavy atom. The van der Waals surface area contributed by atoms with E-state index in [4.69, 9.17) is 17.0 Å². The number of amides is 2. The first-order chi connectivity index (χ1) is 14.0. The minimum absolute atomic E-state index is 0.0220. The first-order valence-electron chi connectivity index (χ1n) is 8.75. The Balaban J connectivity index is 1.60. The van der Waals surface area contributed by atoms with Crippen LogP contribution in [-0.4, -0.2) is 26.5 Å². The number of para-hydroxylation sites is 1. The first-order valence-corrected chi connectivity index (χ1v) is 9.15. The van der Waals surface area contributed by atoms with Crippen molar-refractivity contribution >= 4 is 40.9 Å². The standard InChI is InChI=1S/C21H16N4O3S/c1-24-12-11-22-18(24)13-17-19(26)23-21(29)25(20(17)27)14-7-9-16(10-8-14)28-15-5-3-2-4-6-15/h2-13H,1H3,(H,23,26,29). The summed E-state index contributed by atoms with van der Waals surface area (Å²) in [7, 11) is 1.78. The molecule has 1 aromatic heterocycles. The summed E-state index contributed by atoms with van der Waals surface area (Å²) in [6.45, 7) is 0. The average Bonchev–Trinajstić information content (AvgIpc) is 3.12. The highest BCUT2D eigenvalue weighted by atomic mass is 32.1. The monoisotopic (exact) mass is 404 g/mol. The third-order valence-corrected chi connectivity index (χ3v) is 4.59. The van der Waals surface area contributed by atoms with Gasteiger partial charge in [-0.2, -0.15) is 0 Å². The maximum absolute atomic E-state index is 13.0. The van der Waals surface area contributed by atoms with E-state index in [2.05, 4.69) is 10.3 Å². The van der Waals surface area contributed by atoms with Crippen molar-refractivity contribution in [3.8, 4) is 11.5 Å². The Hall–Kier alpha value is -3.78.